The molecule has 0 atom stereocenters. The van der Waals surface area contributed by atoms with Crippen LogP contribution < -0.4 is 0 Å². The van der Waals surface area contributed by atoms with Gasteiger partial charge >= 0.3 is 5.97 Å². The molecule has 0 saturated carbocycles. The molecule has 1 N–H and O–H groups in total. The average Bonchev–Trinajstić information content (AvgIpc) is 2.92. The van der Waals surface area contributed by atoms with Crippen LogP contribution in [0.5, 0.6) is 0 Å². The number of benzene rings is 1. The second-order valence-electron chi connectivity index (χ2n) is 5.20. The van der Waals surface area contributed by atoms with E-state index in [0.29, 0.717) is 6.42 Å². The number of rotatable bonds is 3. The van der Waals surface area contributed by atoms with Crippen LogP contribution in [0.2, 0.25) is 0 Å². The third kappa shape index (κ3) is 1.88. The molecule has 0 aliphatic carbocycles. The molecule has 0 fully saturated rings. The van der Waals surface area contributed by atoms with Gasteiger partial charge in [-0.05, 0) is 39.3 Å². The number of carbonyl (C=O) groups is 1. The van der Waals surface area contributed by atoms with Crippen LogP contribution >= 0.6 is 0 Å². The molecule has 4 heteroatoms. The fourth-order valence-corrected chi connectivity index (χ4v) is 2.76. The van der Waals surface area contributed by atoms with Crippen LogP contribution in [-0.4, -0.2) is 11.1 Å². The van der Waals surface area contributed by atoms with Gasteiger partial charge in [-0.1, -0.05) is 0 Å². The molecule has 3 aromatic rings. The van der Waals surface area contributed by atoms with E-state index in [1.165, 1.54) is 0 Å². The van der Waals surface area contributed by atoms with E-state index in [0.717, 1.165) is 44.6 Å². The Bertz CT molecular complexity index is 762. The molecule has 20 heavy (non-hydrogen) atoms. The van der Waals surface area contributed by atoms with Gasteiger partial charge in [0, 0.05) is 28.3 Å². The second kappa shape index (κ2) is 4.40. The summed E-state index contributed by atoms with van der Waals surface area (Å²) in [6.45, 7) is 5.80. The second-order valence-corrected chi connectivity index (χ2v) is 5.20. The predicted octanol–water partition coefficient (Wildman–Crippen LogP) is 4.12. The molecule has 0 aliphatic rings. The highest BCUT2D eigenvalue weighted by Gasteiger charge is 2.18. The number of carboxylic acids is 1. The summed E-state index contributed by atoms with van der Waals surface area (Å²) in [5, 5.41) is 10.9. The van der Waals surface area contributed by atoms with Crippen molar-refractivity contribution in [2.75, 3.05) is 0 Å². The molecular formula is C16H16O4. The smallest absolute Gasteiger partial charge is 0.303 e. The Kier molecular flexibility index (Phi) is 2.82. The molecule has 0 aliphatic heterocycles. The number of carboxylic acid groups (broad SMARTS) is 1. The Morgan fingerprint density at radius 1 is 1.05 bits per heavy atom. The van der Waals surface area contributed by atoms with Crippen molar-refractivity contribution in [3.8, 4) is 0 Å². The third-order valence-electron chi connectivity index (χ3n) is 3.64. The number of hydrogen-bond acceptors (Lipinski definition) is 3. The summed E-state index contributed by atoms with van der Waals surface area (Å²) in [7, 11) is 0. The van der Waals surface area contributed by atoms with Crippen molar-refractivity contribution in [2.45, 2.75) is 33.6 Å². The summed E-state index contributed by atoms with van der Waals surface area (Å²) < 4.78 is 11.6. The Morgan fingerprint density at radius 3 is 2.30 bits per heavy atom. The lowest BCUT2D eigenvalue weighted by molar-refractivity contribution is -0.136. The van der Waals surface area contributed by atoms with Gasteiger partial charge in [0.15, 0.2) is 0 Å². The van der Waals surface area contributed by atoms with E-state index in [-0.39, 0.29) is 6.42 Å². The zero-order valence-corrected chi connectivity index (χ0v) is 11.7. The molecule has 3 rings (SSSR count). The van der Waals surface area contributed by atoms with Gasteiger partial charge in [-0.25, -0.2) is 0 Å². The van der Waals surface area contributed by atoms with Crippen LogP contribution in [0.4, 0.5) is 0 Å². The first kappa shape index (κ1) is 12.8. The van der Waals surface area contributed by atoms with E-state index < -0.39 is 5.97 Å². The molecule has 104 valence electrons. The summed E-state index contributed by atoms with van der Waals surface area (Å²) in [4.78, 5) is 10.9. The molecule has 0 unspecified atom stereocenters. The topological polar surface area (TPSA) is 63.6 Å². The molecule has 0 saturated heterocycles. The zero-order chi connectivity index (χ0) is 14.4. The number of aliphatic carboxylic acids is 1. The minimum atomic E-state index is -0.810. The van der Waals surface area contributed by atoms with Crippen molar-refractivity contribution in [1.29, 1.82) is 0 Å². The molecule has 0 bridgehead atoms. The summed E-state index contributed by atoms with van der Waals surface area (Å²) >= 11 is 0. The summed E-state index contributed by atoms with van der Waals surface area (Å²) in [6.07, 6.45) is 0.520. The highest BCUT2D eigenvalue weighted by atomic mass is 16.4. The Morgan fingerprint density at radius 2 is 1.65 bits per heavy atom. The molecule has 0 radical (unpaired) electrons. The fraction of sp³-hybridized carbons (Fsp3) is 0.312. The monoisotopic (exact) mass is 272 g/mol. The first-order valence-corrected chi connectivity index (χ1v) is 6.61. The molecule has 0 amide bonds. The van der Waals surface area contributed by atoms with Gasteiger partial charge in [0.2, 0.25) is 0 Å². The van der Waals surface area contributed by atoms with E-state index >= 15 is 0 Å². The van der Waals surface area contributed by atoms with Crippen molar-refractivity contribution >= 4 is 27.9 Å². The van der Waals surface area contributed by atoms with Crippen LogP contribution in [0, 0.1) is 20.8 Å². The first-order chi connectivity index (χ1) is 9.47. The number of hydrogen-bond donors (Lipinski definition) is 1. The maximum atomic E-state index is 10.9. The van der Waals surface area contributed by atoms with Crippen molar-refractivity contribution in [3.05, 3.63) is 34.8 Å². The third-order valence-corrected chi connectivity index (χ3v) is 3.64. The van der Waals surface area contributed by atoms with Crippen LogP contribution in [0.3, 0.4) is 0 Å². The Balaban J connectivity index is 2.35. The van der Waals surface area contributed by atoms with E-state index in [1.54, 1.807) is 0 Å². The van der Waals surface area contributed by atoms with E-state index in [4.69, 9.17) is 13.9 Å². The van der Waals surface area contributed by atoms with E-state index in [9.17, 15) is 4.79 Å². The van der Waals surface area contributed by atoms with Crippen molar-refractivity contribution in [1.82, 2.24) is 0 Å². The number of aryl methyl sites for hydroxylation is 4. The van der Waals surface area contributed by atoms with Crippen LogP contribution in [0.1, 0.15) is 29.1 Å². The van der Waals surface area contributed by atoms with Gasteiger partial charge in [0.05, 0.1) is 0 Å². The molecule has 2 aromatic heterocycles. The molecule has 1 aromatic carbocycles. The van der Waals surface area contributed by atoms with Crippen LogP contribution in [0.15, 0.2) is 21.0 Å². The first-order valence-electron chi connectivity index (χ1n) is 6.61. The van der Waals surface area contributed by atoms with Gasteiger partial charge < -0.3 is 13.9 Å². The SMILES string of the molecule is Cc1cc2c(CCC(=O)O)c3oc(C)cc3c(C)c2o1. The van der Waals surface area contributed by atoms with Gasteiger partial charge in [0.25, 0.3) is 0 Å². The lowest BCUT2D eigenvalue weighted by Crippen LogP contribution is -1.98. The number of furan rings is 2. The summed E-state index contributed by atoms with van der Waals surface area (Å²) in [5.41, 5.74) is 3.58. The molecule has 4 nitrogen and oxygen atoms in total. The van der Waals surface area contributed by atoms with Gasteiger partial charge in [0.1, 0.15) is 22.7 Å². The van der Waals surface area contributed by atoms with Gasteiger partial charge in [-0.2, -0.15) is 0 Å². The van der Waals surface area contributed by atoms with Gasteiger partial charge in [-0.3, -0.25) is 4.79 Å². The molecular weight excluding hydrogens is 256 g/mol. The maximum absolute atomic E-state index is 10.9. The molecule has 0 spiro atoms. The Hall–Kier alpha value is -2.23. The minimum Gasteiger partial charge on any atom is -0.481 e. The highest BCUT2D eigenvalue weighted by molar-refractivity contribution is 6.01. The standard InChI is InChI=1S/C16H16O4/c1-8-6-12-10(3)15-13(7-9(2)19-15)11(16(12)20-8)4-5-14(17)18/h6-7H,4-5H2,1-3H3,(H,17,18). The van der Waals surface area contributed by atoms with Gasteiger partial charge in [-0.15, -0.1) is 0 Å². The quantitative estimate of drug-likeness (QED) is 0.778. The predicted molar refractivity (Wildman–Crippen MR) is 76.2 cm³/mol. The largest absolute Gasteiger partial charge is 0.481 e. The normalized spacial score (nSPS) is 11.6. The van der Waals surface area contributed by atoms with Crippen LogP contribution in [0.25, 0.3) is 21.9 Å². The van der Waals surface area contributed by atoms with E-state index in [2.05, 4.69) is 0 Å². The minimum absolute atomic E-state index is 0.0806. The summed E-state index contributed by atoms with van der Waals surface area (Å²) in [5.74, 6) is 0.837. The fourth-order valence-electron chi connectivity index (χ4n) is 2.76. The van der Waals surface area contributed by atoms with Crippen molar-refractivity contribution in [3.63, 3.8) is 0 Å². The lowest BCUT2D eigenvalue weighted by atomic mass is 9.99. The zero-order valence-electron chi connectivity index (χ0n) is 11.7. The van der Waals surface area contributed by atoms with Crippen LogP contribution in [-0.2, 0) is 11.2 Å². The summed E-state index contributed by atoms with van der Waals surface area (Å²) in [6, 6.07) is 3.93. The van der Waals surface area contributed by atoms with Crippen molar-refractivity contribution < 1.29 is 18.7 Å². The lowest BCUT2D eigenvalue weighted by Gasteiger charge is -2.05. The van der Waals surface area contributed by atoms with E-state index in [1.807, 2.05) is 32.9 Å². The highest BCUT2D eigenvalue weighted by Crippen LogP contribution is 2.36. The molecule has 2 heterocycles. The van der Waals surface area contributed by atoms with Crippen molar-refractivity contribution in [2.24, 2.45) is 0 Å². The Labute approximate surface area is 116 Å². The number of fused-ring (bicyclic) bond motifs is 2. The maximum Gasteiger partial charge on any atom is 0.303 e. The average molecular weight is 272 g/mol.